The van der Waals surface area contributed by atoms with E-state index in [0.717, 1.165) is 5.56 Å². The van der Waals surface area contributed by atoms with Crippen LogP contribution in [-0.4, -0.2) is 74.5 Å². The number of amides is 1. The van der Waals surface area contributed by atoms with Gasteiger partial charge in [-0.05, 0) is 22.9 Å². The third-order valence-electron chi connectivity index (χ3n) is 4.06. The van der Waals surface area contributed by atoms with Crippen molar-refractivity contribution in [3.05, 3.63) is 47.3 Å². The third-order valence-corrected chi connectivity index (χ3v) is 4.06. The molecule has 1 aliphatic heterocycles. The van der Waals surface area contributed by atoms with Crippen LogP contribution in [0, 0.1) is 0 Å². The number of carboxylic acid groups (broad SMARTS) is 1. The van der Waals surface area contributed by atoms with E-state index >= 15 is 0 Å². The number of carbonyl (C=O) groups is 2. The summed E-state index contributed by atoms with van der Waals surface area (Å²) < 4.78 is 4.45. The van der Waals surface area contributed by atoms with Gasteiger partial charge in [-0.15, -0.1) is 0 Å². The highest BCUT2D eigenvalue weighted by Gasteiger charge is 2.26. The van der Waals surface area contributed by atoms with E-state index in [1.165, 1.54) is 11.1 Å². The summed E-state index contributed by atoms with van der Waals surface area (Å²) >= 11 is 0. The Hall–Kier alpha value is -2.78. The van der Waals surface area contributed by atoms with Crippen molar-refractivity contribution in [1.82, 2.24) is 20.1 Å². The molecule has 1 amide bonds. The minimum absolute atomic E-state index is 0.116. The van der Waals surface area contributed by atoms with Crippen molar-refractivity contribution >= 4 is 11.9 Å². The number of aliphatic hydroxyl groups is 1. The maximum absolute atomic E-state index is 12.3. The number of benzene rings is 1. The zero-order valence-electron chi connectivity index (χ0n) is 13.4. The van der Waals surface area contributed by atoms with Crippen LogP contribution in [0.15, 0.2) is 35.1 Å². The number of rotatable bonds is 4. The smallest absolute Gasteiger partial charge is 0.335 e. The molecule has 2 aromatic rings. The molecule has 0 spiro atoms. The van der Waals surface area contributed by atoms with Crippen molar-refractivity contribution in [3.63, 3.8) is 0 Å². The molecule has 9 heteroatoms. The maximum atomic E-state index is 12.3. The Morgan fingerprint density at radius 2 is 1.96 bits per heavy atom. The topological polar surface area (TPSA) is 120 Å². The van der Waals surface area contributed by atoms with Crippen molar-refractivity contribution in [2.45, 2.75) is 12.6 Å². The highest BCUT2D eigenvalue weighted by Crippen LogP contribution is 2.12. The highest BCUT2D eigenvalue weighted by molar-refractivity contribution is 5.91. The molecule has 1 aliphatic rings. The minimum Gasteiger partial charge on any atom is -0.478 e. The van der Waals surface area contributed by atoms with Crippen LogP contribution in [0.1, 0.15) is 26.4 Å². The molecule has 3 rings (SSSR count). The molecule has 0 bridgehead atoms. The second kappa shape index (κ2) is 7.41. The van der Waals surface area contributed by atoms with Crippen molar-refractivity contribution < 1.29 is 24.4 Å². The number of aliphatic hydroxyl groups excluding tert-OH is 1. The molecule has 9 nitrogen and oxygen atoms in total. The van der Waals surface area contributed by atoms with Gasteiger partial charge in [-0.2, -0.15) is 0 Å². The lowest BCUT2D eigenvalue weighted by Gasteiger charge is -2.21. The van der Waals surface area contributed by atoms with Crippen LogP contribution in [0.25, 0.3) is 0 Å². The summed E-state index contributed by atoms with van der Waals surface area (Å²) in [6.07, 6.45) is 0.561. The molecule has 0 radical (unpaired) electrons. The highest BCUT2D eigenvalue weighted by atomic mass is 16.6. The Balaban J connectivity index is 1.63. The molecule has 132 valence electrons. The van der Waals surface area contributed by atoms with Crippen LogP contribution in [0.5, 0.6) is 0 Å². The average molecular weight is 346 g/mol. The van der Waals surface area contributed by atoms with Gasteiger partial charge in [0.2, 0.25) is 0 Å². The Kier molecular flexibility index (Phi) is 5.05. The first-order chi connectivity index (χ1) is 12.0. The first-order valence-electron chi connectivity index (χ1n) is 7.82. The number of hydrogen-bond acceptors (Lipinski definition) is 7. The number of carbonyl (C=O) groups excluding carboxylic acids is 1. The van der Waals surface area contributed by atoms with E-state index in [9.17, 15) is 14.7 Å². The quantitative estimate of drug-likeness (QED) is 0.799. The normalized spacial score (nSPS) is 18.8. The molecule has 1 atom stereocenters. The summed E-state index contributed by atoms with van der Waals surface area (Å²) in [7, 11) is 0. The summed E-state index contributed by atoms with van der Waals surface area (Å²) in [6, 6.07) is 6.62. The largest absolute Gasteiger partial charge is 0.478 e. The predicted molar refractivity (Wildman–Crippen MR) is 84.9 cm³/mol. The fourth-order valence-corrected chi connectivity index (χ4v) is 2.81. The number of aromatic nitrogens is 2. The monoisotopic (exact) mass is 346 g/mol. The Labute approximate surface area is 143 Å². The van der Waals surface area contributed by atoms with Crippen molar-refractivity contribution in [2.75, 3.05) is 26.2 Å². The van der Waals surface area contributed by atoms with E-state index in [-0.39, 0.29) is 23.7 Å². The van der Waals surface area contributed by atoms with Gasteiger partial charge in [0.15, 0.2) is 5.69 Å². The van der Waals surface area contributed by atoms with Gasteiger partial charge in [0, 0.05) is 32.7 Å². The Morgan fingerprint density at radius 1 is 1.20 bits per heavy atom. The van der Waals surface area contributed by atoms with Gasteiger partial charge in [0.25, 0.3) is 5.91 Å². The first-order valence-corrected chi connectivity index (χ1v) is 7.82. The number of carboxylic acids is 1. The Bertz CT molecular complexity index is 731. The molecule has 2 N–H and O–H groups in total. The lowest BCUT2D eigenvalue weighted by atomic mass is 10.1. The van der Waals surface area contributed by atoms with Gasteiger partial charge in [-0.3, -0.25) is 9.69 Å². The van der Waals surface area contributed by atoms with Gasteiger partial charge >= 0.3 is 5.97 Å². The summed E-state index contributed by atoms with van der Waals surface area (Å²) in [5, 5.41) is 26.1. The van der Waals surface area contributed by atoms with Crippen molar-refractivity contribution in [2.24, 2.45) is 0 Å². The lowest BCUT2D eigenvalue weighted by molar-refractivity contribution is 0.0652. The van der Waals surface area contributed by atoms with Gasteiger partial charge in [-0.25, -0.2) is 9.42 Å². The third kappa shape index (κ3) is 4.20. The first kappa shape index (κ1) is 17.1. The lowest BCUT2D eigenvalue weighted by Crippen LogP contribution is -2.37. The maximum Gasteiger partial charge on any atom is 0.335 e. The molecule has 1 saturated heterocycles. The molecule has 1 aromatic carbocycles. The second-order valence-electron chi connectivity index (χ2n) is 5.93. The van der Waals surface area contributed by atoms with Crippen LogP contribution < -0.4 is 0 Å². The van der Waals surface area contributed by atoms with E-state index in [2.05, 4.69) is 14.9 Å². The molecule has 1 fully saturated rings. The molecular weight excluding hydrogens is 328 g/mol. The van der Waals surface area contributed by atoms with Gasteiger partial charge in [0.05, 0.1) is 11.7 Å². The standard InChI is InChI=1S/C16H18N4O5/c21-13-9-19(8-11-1-3-12(4-2-11)16(23)24)5-6-20(10-13)15(22)14-7-17-25-18-14/h1-4,7,13,21H,5-6,8-10H2,(H,23,24). The number of aromatic carboxylic acids is 1. The summed E-state index contributed by atoms with van der Waals surface area (Å²) in [4.78, 5) is 26.7. The Morgan fingerprint density at radius 3 is 2.60 bits per heavy atom. The van der Waals surface area contributed by atoms with E-state index in [1.54, 1.807) is 24.3 Å². The van der Waals surface area contributed by atoms with E-state index in [1.807, 2.05) is 4.90 Å². The summed E-state index contributed by atoms with van der Waals surface area (Å²) in [5.41, 5.74) is 1.29. The van der Waals surface area contributed by atoms with Gasteiger partial charge < -0.3 is 15.1 Å². The molecule has 1 unspecified atom stereocenters. The molecule has 25 heavy (non-hydrogen) atoms. The summed E-state index contributed by atoms with van der Waals surface area (Å²) in [5.74, 6) is -1.29. The second-order valence-corrected chi connectivity index (χ2v) is 5.93. The van der Waals surface area contributed by atoms with Crippen LogP contribution in [0.3, 0.4) is 0 Å². The van der Waals surface area contributed by atoms with Crippen LogP contribution >= 0.6 is 0 Å². The zero-order valence-corrected chi connectivity index (χ0v) is 13.4. The fraction of sp³-hybridized carbons (Fsp3) is 0.375. The average Bonchev–Trinajstić information content (AvgIpc) is 3.06. The molecular formula is C16H18N4O5. The van der Waals surface area contributed by atoms with Crippen LogP contribution in [0.4, 0.5) is 0 Å². The molecule has 1 aromatic heterocycles. The molecule has 0 aliphatic carbocycles. The van der Waals surface area contributed by atoms with E-state index < -0.39 is 12.1 Å². The van der Waals surface area contributed by atoms with E-state index in [0.29, 0.717) is 26.2 Å². The van der Waals surface area contributed by atoms with Gasteiger partial charge in [-0.1, -0.05) is 17.3 Å². The van der Waals surface area contributed by atoms with Crippen molar-refractivity contribution in [1.29, 1.82) is 0 Å². The molecule has 0 saturated carbocycles. The van der Waals surface area contributed by atoms with E-state index in [4.69, 9.17) is 5.11 Å². The minimum atomic E-state index is -0.965. The van der Waals surface area contributed by atoms with Crippen molar-refractivity contribution in [3.8, 4) is 0 Å². The predicted octanol–water partition coefficient (Wildman–Crippen LogP) is 0.0867. The van der Waals surface area contributed by atoms with Gasteiger partial charge in [0.1, 0.15) is 6.20 Å². The van der Waals surface area contributed by atoms with Crippen LogP contribution in [0.2, 0.25) is 0 Å². The summed E-state index contributed by atoms with van der Waals surface area (Å²) in [6.45, 7) is 2.21. The number of β-amino-alcohol motifs (C(OH)–C–C–N with tert-alkyl or cyclic N) is 1. The fourth-order valence-electron chi connectivity index (χ4n) is 2.81. The number of hydrogen-bond donors (Lipinski definition) is 2. The number of nitrogens with zero attached hydrogens (tertiary/aromatic N) is 4. The zero-order chi connectivity index (χ0) is 17.8. The molecule has 2 heterocycles. The van der Waals surface area contributed by atoms with Crippen LogP contribution in [-0.2, 0) is 6.54 Å². The SMILES string of the molecule is O=C(O)c1ccc(CN2CCN(C(=O)c3cnon3)CC(O)C2)cc1.